The summed E-state index contributed by atoms with van der Waals surface area (Å²) in [6.45, 7) is 5.07. The van der Waals surface area contributed by atoms with Crippen molar-refractivity contribution in [2.75, 3.05) is 19.6 Å². The first-order valence-corrected chi connectivity index (χ1v) is 7.41. The van der Waals surface area contributed by atoms with E-state index in [1.54, 1.807) is 0 Å². The predicted molar refractivity (Wildman–Crippen MR) is 81.7 cm³/mol. The van der Waals surface area contributed by atoms with Gasteiger partial charge in [-0.15, -0.1) is 0 Å². The fraction of sp³-hybridized carbons (Fsp3) is 0.533. The van der Waals surface area contributed by atoms with E-state index in [1.807, 2.05) is 13.0 Å². The summed E-state index contributed by atoms with van der Waals surface area (Å²) in [5, 5.41) is 4.38. The zero-order valence-corrected chi connectivity index (χ0v) is 12.6. The second kappa shape index (κ2) is 7.07. The molecule has 1 amide bonds. The first-order valence-electron chi connectivity index (χ1n) is 7.03. The quantitative estimate of drug-likeness (QED) is 0.869. The number of nitrogens with two attached hydrogens (primary N) is 1. The highest BCUT2D eigenvalue weighted by molar-refractivity contribution is 6.31. The molecule has 0 spiro atoms. The molecule has 0 atom stereocenters. The molecule has 1 aromatic carbocycles. The summed E-state index contributed by atoms with van der Waals surface area (Å²) in [6, 6.07) is 6.68. The van der Waals surface area contributed by atoms with Gasteiger partial charge >= 0.3 is 0 Å². The Labute approximate surface area is 125 Å². The molecule has 2 rings (SSSR count). The van der Waals surface area contributed by atoms with Gasteiger partial charge in [-0.25, -0.2) is 0 Å². The number of hydrogen-bond donors (Lipinski definition) is 2. The highest BCUT2D eigenvalue weighted by Crippen LogP contribution is 2.17. The van der Waals surface area contributed by atoms with Crippen molar-refractivity contribution in [3.8, 4) is 0 Å². The molecule has 1 aliphatic rings. The van der Waals surface area contributed by atoms with Gasteiger partial charge in [-0.3, -0.25) is 9.69 Å². The lowest BCUT2D eigenvalue weighted by atomic mass is 10.0. The van der Waals surface area contributed by atoms with Crippen LogP contribution in [0.2, 0.25) is 5.02 Å². The van der Waals surface area contributed by atoms with E-state index in [9.17, 15) is 4.79 Å². The van der Waals surface area contributed by atoms with Gasteiger partial charge in [0.25, 0.3) is 0 Å². The Hall–Kier alpha value is -1.10. The van der Waals surface area contributed by atoms with Crippen LogP contribution in [0.15, 0.2) is 18.2 Å². The van der Waals surface area contributed by atoms with Gasteiger partial charge in [-0.2, -0.15) is 0 Å². The highest BCUT2D eigenvalue weighted by Gasteiger charge is 2.19. The minimum Gasteiger partial charge on any atom is -0.369 e. The maximum atomic E-state index is 10.9. The van der Waals surface area contributed by atoms with Crippen molar-refractivity contribution in [3.05, 3.63) is 34.3 Å². The molecule has 0 aromatic heterocycles. The Bertz CT molecular complexity index is 470. The van der Waals surface area contributed by atoms with E-state index in [4.69, 9.17) is 17.3 Å². The molecule has 110 valence electrons. The van der Waals surface area contributed by atoms with Crippen LogP contribution >= 0.6 is 11.6 Å². The molecule has 1 heterocycles. The van der Waals surface area contributed by atoms with Gasteiger partial charge in [0, 0.05) is 30.7 Å². The minimum absolute atomic E-state index is 0.245. The molecule has 1 saturated heterocycles. The van der Waals surface area contributed by atoms with Gasteiger partial charge in [-0.05, 0) is 37.0 Å². The van der Waals surface area contributed by atoms with Gasteiger partial charge in [0.1, 0.15) is 0 Å². The van der Waals surface area contributed by atoms with Crippen molar-refractivity contribution in [1.82, 2.24) is 10.2 Å². The van der Waals surface area contributed by atoms with Crippen molar-refractivity contribution in [2.24, 2.45) is 5.73 Å². The van der Waals surface area contributed by atoms with E-state index in [1.165, 1.54) is 5.56 Å². The number of aryl methyl sites for hydroxylation is 1. The van der Waals surface area contributed by atoms with Crippen LogP contribution in [0, 0.1) is 6.92 Å². The standard InChI is InChI=1S/C15H22ClN3O/c1-11-2-3-12(8-14(11)16)9-18-13-4-6-19(7-5-13)10-15(17)20/h2-3,8,13,18H,4-7,9-10H2,1H3,(H2,17,20). The van der Waals surface area contributed by atoms with Crippen LogP contribution in [0.5, 0.6) is 0 Å². The van der Waals surface area contributed by atoms with Crippen LogP contribution in [-0.4, -0.2) is 36.5 Å². The SMILES string of the molecule is Cc1ccc(CNC2CCN(CC(N)=O)CC2)cc1Cl. The number of amides is 1. The number of nitrogens with zero attached hydrogens (tertiary/aromatic N) is 1. The molecular formula is C15H22ClN3O. The molecule has 0 aliphatic carbocycles. The van der Waals surface area contributed by atoms with Crippen molar-refractivity contribution >= 4 is 17.5 Å². The third-order valence-corrected chi connectivity index (χ3v) is 4.21. The topological polar surface area (TPSA) is 58.4 Å². The fourth-order valence-corrected chi connectivity index (χ4v) is 2.73. The smallest absolute Gasteiger partial charge is 0.231 e. The van der Waals surface area contributed by atoms with Crippen LogP contribution in [0.4, 0.5) is 0 Å². The number of carbonyl (C=O) groups excluding carboxylic acids is 1. The molecule has 4 nitrogen and oxygen atoms in total. The molecule has 5 heteroatoms. The zero-order chi connectivity index (χ0) is 14.5. The Morgan fingerprint density at radius 3 is 2.75 bits per heavy atom. The minimum atomic E-state index is -0.245. The number of hydrogen-bond acceptors (Lipinski definition) is 3. The number of rotatable bonds is 5. The fourth-order valence-electron chi connectivity index (χ4n) is 2.52. The zero-order valence-electron chi connectivity index (χ0n) is 11.9. The molecule has 0 saturated carbocycles. The van der Waals surface area contributed by atoms with Crippen LogP contribution < -0.4 is 11.1 Å². The van der Waals surface area contributed by atoms with E-state index >= 15 is 0 Å². The van der Waals surface area contributed by atoms with Crippen molar-refractivity contribution in [2.45, 2.75) is 32.4 Å². The molecule has 1 aliphatic heterocycles. The summed E-state index contributed by atoms with van der Waals surface area (Å²) < 4.78 is 0. The van der Waals surface area contributed by atoms with Crippen molar-refractivity contribution in [3.63, 3.8) is 0 Å². The second-order valence-electron chi connectivity index (χ2n) is 5.48. The maximum Gasteiger partial charge on any atom is 0.231 e. The molecule has 1 fully saturated rings. The summed E-state index contributed by atoms with van der Waals surface area (Å²) in [5.41, 5.74) is 7.53. The average molecular weight is 296 g/mol. The number of primary amides is 1. The molecule has 3 N–H and O–H groups in total. The average Bonchev–Trinajstić information content (AvgIpc) is 2.41. The number of likely N-dealkylation sites (tertiary alicyclic amines) is 1. The Morgan fingerprint density at radius 2 is 2.15 bits per heavy atom. The summed E-state index contributed by atoms with van der Waals surface area (Å²) in [7, 11) is 0. The van der Waals surface area contributed by atoms with E-state index in [0.717, 1.165) is 43.1 Å². The molecule has 0 radical (unpaired) electrons. The first kappa shape index (κ1) is 15.3. The van der Waals surface area contributed by atoms with Gasteiger partial charge in [0.05, 0.1) is 6.54 Å². The summed E-state index contributed by atoms with van der Waals surface area (Å²) in [5.74, 6) is -0.245. The van der Waals surface area contributed by atoms with E-state index < -0.39 is 0 Å². The van der Waals surface area contributed by atoms with Crippen LogP contribution in [0.1, 0.15) is 24.0 Å². The maximum absolute atomic E-state index is 10.9. The van der Waals surface area contributed by atoms with Crippen molar-refractivity contribution in [1.29, 1.82) is 0 Å². The Kier molecular flexibility index (Phi) is 5.40. The third-order valence-electron chi connectivity index (χ3n) is 3.80. The summed E-state index contributed by atoms with van der Waals surface area (Å²) in [4.78, 5) is 13.0. The van der Waals surface area contributed by atoms with Gasteiger partial charge in [-0.1, -0.05) is 23.7 Å². The van der Waals surface area contributed by atoms with Crippen LogP contribution in [-0.2, 0) is 11.3 Å². The molecule has 20 heavy (non-hydrogen) atoms. The Balaban J connectivity index is 1.75. The number of nitrogens with one attached hydrogen (secondary N) is 1. The van der Waals surface area contributed by atoms with E-state index in [0.29, 0.717) is 12.6 Å². The third kappa shape index (κ3) is 4.47. The molecule has 0 bridgehead atoms. The van der Waals surface area contributed by atoms with Gasteiger partial charge in [0.2, 0.25) is 5.91 Å². The van der Waals surface area contributed by atoms with Crippen LogP contribution in [0.3, 0.4) is 0 Å². The largest absolute Gasteiger partial charge is 0.369 e. The van der Waals surface area contributed by atoms with Gasteiger partial charge in [0.15, 0.2) is 0 Å². The second-order valence-corrected chi connectivity index (χ2v) is 5.89. The first-order chi connectivity index (χ1) is 9.54. The molecule has 0 unspecified atom stereocenters. The lowest BCUT2D eigenvalue weighted by Gasteiger charge is -2.31. The van der Waals surface area contributed by atoms with E-state index in [-0.39, 0.29) is 5.91 Å². The molecular weight excluding hydrogens is 274 g/mol. The number of piperidine rings is 1. The summed E-state index contributed by atoms with van der Waals surface area (Å²) in [6.07, 6.45) is 2.10. The van der Waals surface area contributed by atoms with E-state index in [2.05, 4.69) is 22.3 Å². The van der Waals surface area contributed by atoms with Crippen molar-refractivity contribution < 1.29 is 4.79 Å². The van der Waals surface area contributed by atoms with Gasteiger partial charge < -0.3 is 11.1 Å². The summed E-state index contributed by atoms with van der Waals surface area (Å²) >= 11 is 6.12. The number of benzene rings is 1. The lowest BCUT2D eigenvalue weighted by molar-refractivity contribution is -0.119. The monoisotopic (exact) mass is 295 g/mol. The molecule has 1 aromatic rings. The highest BCUT2D eigenvalue weighted by atomic mass is 35.5. The number of carbonyl (C=O) groups is 1. The normalized spacial score (nSPS) is 17.3. The lowest BCUT2D eigenvalue weighted by Crippen LogP contribution is -2.45. The van der Waals surface area contributed by atoms with Crippen LogP contribution in [0.25, 0.3) is 0 Å². The number of halogens is 1. The predicted octanol–water partition coefficient (Wildman–Crippen LogP) is 1.69. The Morgan fingerprint density at radius 1 is 1.45 bits per heavy atom.